The summed E-state index contributed by atoms with van der Waals surface area (Å²) in [5.74, 6) is -0.566. The highest BCUT2D eigenvalue weighted by atomic mass is 16.6. The molecule has 0 aliphatic rings. The van der Waals surface area contributed by atoms with Gasteiger partial charge in [-0.2, -0.15) is 0 Å². The van der Waals surface area contributed by atoms with Gasteiger partial charge in [0.15, 0.2) is 0 Å². The lowest BCUT2D eigenvalue weighted by Gasteiger charge is -2.11. The van der Waals surface area contributed by atoms with Gasteiger partial charge in [0.2, 0.25) is 5.91 Å². The quantitative estimate of drug-likeness (QED) is 0.674. The summed E-state index contributed by atoms with van der Waals surface area (Å²) < 4.78 is 0. The van der Waals surface area contributed by atoms with Crippen LogP contribution in [-0.2, 0) is 11.2 Å². The first-order valence-corrected chi connectivity index (χ1v) is 7.22. The van der Waals surface area contributed by atoms with E-state index in [1.807, 2.05) is 0 Å². The van der Waals surface area contributed by atoms with E-state index in [2.05, 4.69) is 5.32 Å². The highest BCUT2D eigenvalue weighted by Gasteiger charge is 2.16. The molecule has 0 saturated carbocycles. The van der Waals surface area contributed by atoms with E-state index in [1.54, 1.807) is 56.6 Å². The van der Waals surface area contributed by atoms with Gasteiger partial charge in [0.1, 0.15) is 0 Å². The SMILES string of the molecule is CN(C)C(=O)c1cccc(NC(=O)Cc2ccccc2[N+](=O)[O-])c1. The molecular formula is C17H17N3O4. The van der Waals surface area contributed by atoms with Crippen LogP contribution in [0.1, 0.15) is 15.9 Å². The Labute approximate surface area is 139 Å². The van der Waals surface area contributed by atoms with Crippen molar-refractivity contribution >= 4 is 23.2 Å². The van der Waals surface area contributed by atoms with Crippen LogP contribution in [0, 0.1) is 10.1 Å². The van der Waals surface area contributed by atoms with E-state index in [9.17, 15) is 19.7 Å². The Bertz CT molecular complexity index is 787. The Balaban J connectivity index is 2.12. The molecule has 7 nitrogen and oxygen atoms in total. The van der Waals surface area contributed by atoms with E-state index < -0.39 is 10.8 Å². The number of carbonyl (C=O) groups is 2. The number of benzene rings is 2. The first-order valence-electron chi connectivity index (χ1n) is 7.22. The Morgan fingerprint density at radius 2 is 1.83 bits per heavy atom. The first kappa shape index (κ1) is 17.1. The number of hydrogen-bond donors (Lipinski definition) is 1. The molecular weight excluding hydrogens is 310 g/mol. The predicted octanol–water partition coefficient (Wildman–Crippen LogP) is 2.48. The van der Waals surface area contributed by atoms with Gasteiger partial charge < -0.3 is 10.2 Å². The van der Waals surface area contributed by atoms with Crippen molar-refractivity contribution < 1.29 is 14.5 Å². The molecule has 0 atom stereocenters. The standard InChI is InChI=1S/C17H17N3O4/c1-19(2)17(22)13-7-5-8-14(10-13)18-16(21)11-12-6-3-4-9-15(12)20(23)24/h3-10H,11H2,1-2H3,(H,18,21). The fourth-order valence-electron chi connectivity index (χ4n) is 2.20. The molecule has 2 aromatic rings. The molecule has 0 fully saturated rings. The molecule has 2 aromatic carbocycles. The van der Waals surface area contributed by atoms with Crippen LogP contribution in [0.15, 0.2) is 48.5 Å². The minimum atomic E-state index is -0.515. The largest absolute Gasteiger partial charge is 0.345 e. The summed E-state index contributed by atoms with van der Waals surface area (Å²) in [6.45, 7) is 0. The molecule has 124 valence electrons. The van der Waals surface area contributed by atoms with Crippen molar-refractivity contribution in [2.24, 2.45) is 0 Å². The topological polar surface area (TPSA) is 92.6 Å². The monoisotopic (exact) mass is 327 g/mol. The van der Waals surface area contributed by atoms with Gasteiger partial charge in [0.25, 0.3) is 11.6 Å². The minimum Gasteiger partial charge on any atom is -0.345 e. The molecule has 7 heteroatoms. The lowest BCUT2D eigenvalue weighted by molar-refractivity contribution is -0.385. The zero-order valence-corrected chi connectivity index (χ0v) is 13.4. The number of rotatable bonds is 5. The van der Waals surface area contributed by atoms with Gasteiger partial charge in [-0.1, -0.05) is 24.3 Å². The average molecular weight is 327 g/mol. The average Bonchev–Trinajstić information content (AvgIpc) is 2.54. The summed E-state index contributed by atoms with van der Waals surface area (Å²) in [4.78, 5) is 36.0. The number of para-hydroxylation sites is 1. The fraction of sp³-hybridized carbons (Fsp3) is 0.176. The van der Waals surface area contributed by atoms with E-state index >= 15 is 0 Å². The molecule has 0 heterocycles. The van der Waals surface area contributed by atoms with Crippen LogP contribution < -0.4 is 5.32 Å². The van der Waals surface area contributed by atoms with Crippen molar-refractivity contribution in [3.8, 4) is 0 Å². The van der Waals surface area contributed by atoms with E-state index in [0.29, 0.717) is 16.8 Å². The molecule has 2 rings (SSSR count). The lowest BCUT2D eigenvalue weighted by Crippen LogP contribution is -2.22. The number of amides is 2. The van der Waals surface area contributed by atoms with E-state index in [-0.39, 0.29) is 18.0 Å². The van der Waals surface area contributed by atoms with E-state index in [1.165, 1.54) is 11.0 Å². The molecule has 0 saturated heterocycles. The zero-order chi connectivity index (χ0) is 17.7. The van der Waals surface area contributed by atoms with E-state index in [4.69, 9.17) is 0 Å². The van der Waals surface area contributed by atoms with Gasteiger partial charge in [0.05, 0.1) is 11.3 Å². The third-order valence-corrected chi connectivity index (χ3v) is 3.34. The highest BCUT2D eigenvalue weighted by molar-refractivity contribution is 5.97. The number of nitro groups is 1. The van der Waals surface area contributed by atoms with E-state index in [0.717, 1.165) is 0 Å². The van der Waals surface area contributed by atoms with Crippen molar-refractivity contribution in [1.29, 1.82) is 0 Å². The second-order valence-electron chi connectivity index (χ2n) is 5.39. The Kier molecular flexibility index (Phi) is 5.26. The van der Waals surface area contributed by atoms with Gasteiger partial charge in [0, 0.05) is 37.0 Å². The number of nitrogens with zero attached hydrogens (tertiary/aromatic N) is 2. The predicted molar refractivity (Wildman–Crippen MR) is 89.9 cm³/mol. The molecule has 0 aliphatic heterocycles. The maximum atomic E-state index is 12.1. The number of hydrogen-bond acceptors (Lipinski definition) is 4. The molecule has 1 N–H and O–H groups in total. The maximum Gasteiger partial charge on any atom is 0.273 e. The number of carbonyl (C=O) groups excluding carboxylic acids is 2. The fourth-order valence-corrected chi connectivity index (χ4v) is 2.20. The smallest absolute Gasteiger partial charge is 0.273 e. The van der Waals surface area contributed by atoms with Crippen molar-refractivity contribution in [3.05, 3.63) is 69.8 Å². The highest BCUT2D eigenvalue weighted by Crippen LogP contribution is 2.19. The van der Waals surface area contributed by atoms with Crippen LogP contribution >= 0.6 is 0 Å². The van der Waals surface area contributed by atoms with Crippen molar-refractivity contribution in [2.45, 2.75) is 6.42 Å². The van der Waals surface area contributed by atoms with Gasteiger partial charge in [-0.05, 0) is 18.2 Å². The number of nitrogens with one attached hydrogen (secondary N) is 1. The summed E-state index contributed by atoms with van der Waals surface area (Å²) in [7, 11) is 3.28. The summed E-state index contributed by atoms with van der Waals surface area (Å²) in [6.07, 6.45) is -0.122. The van der Waals surface area contributed by atoms with Crippen LogP contribution in [0.4, 0.5) is 11.4 Å². The van der Waals surface area contributed by atoms with Gasteiger partial charge in [-0.3, -0.25) is 19.7 Å². The lowest BCUT2D eigenvalue weighted by atomic mass is 10.1. The third kappa shape index (κ3) is 4.16. The molecule has 0 aromatic heterocycles. The maximum absolute atomic E-state index is 12.1. The van der Waals surface area contributed by atoms with Crippen molar-refractivity contribution in [1.82, 2.24) is 4.90 Å². The normalized spacial score (nSPS) is 10.1. The molecule has 24 heavy (non-hydrogen) atoms. The zero-order valence-electron chi connectivity index (χ0n) is 13.4. The summed E-state index contributed by atoms with van der Waals surface area (Å²) in [5.41, 5.74) is 1.15. The number of nitro benzene ring substituents is 1. The first-order chi connectivity index (χ1) is 11.4. The Morgan fingerprint density at radius 1 is 1.12 bits per heavy atom. The Morgan fingerprint density at radius 3 is 2.50 bits per heavy atom. The van der Waals surface area contributed by atoms with Gasteiger partial charge >= 0.3 is 0 Å². The molecule has 0 radical (unpaired) electrons. The molecule has 2 amide bonds. The van der Waals surface area contributed by atoms with Crippen molar-refractivity contribution in [2.75, 3.05) is 19.4 Å². The van der Waals surface area contributed by atoms with Crippen LogP contribution in [0.2, 0.25) is 0 Å². The Hall–Kier alpha value is -3.22. The molecule has 0 spiro atoms. The van der Waals surface area contributed by atoms with Crippen LogP contribution in [-0.4, -0.2) is 35.7 Å². The molecule has 0 unspecified atom stereocenters. The second-order valence-corrected chi connectivity index (χ2v) is 5.39. The van der Waals surface area contributed by atoms with Gasteiger partial charge in [-0.25, -0.2) is 0 Å². The summed E-state index contributed by atoms with van der Waals surface area (Å²) >= 11 is 0. The van der Waals surface area contributed by atoms with Gasteiger partial charge in [-0.15, -0.1) is 0 Å². The summed E-state index contributed by atoms with van der Waals surface area (Å²) in [6, 6.07) is 12.6. The third-order valence-electron chi connectivity index (χ3n) is 3.34. The van der Waals surface area contributed by atoms with Crippen LogP contribution in [0.3, 0.4) is 0 Å². The van der Waals surface area contributed by atoms with Crippen LogP contribution in [0.25, 0.3) is 0 Å². The molecule has 0 bridgehead atoms. The number of anilines is 1. The summed E-state index contributed by atoms with van der Waals surface area (Å²) in [5, 5.41) is 13.6. The second kappa shape index (κ2) is 7.36. The van der Waals surface area contributed by atoms with Crippen molar-refractivity contribution in [3.63, 3.8) is 0 Å². The minimum absolute atomic E-state index is 0.0933. The van der Waals surface area contributed by atoms with Crippen LogP contribution in [0.5, 0.6) is 0 Å². The molecule has 0 aliphatic carbocycles.